The van der Waals surface area contributed by atoms with Gasteiger partial charge in [0.1, 0.15) is 5.75 Å². The van der Waals surface area contributed by atoms with E-state index in [-0.39, 0.29) is 6.10 Å². The number of benzene rings is 1. The minimum atomic E-state index is 0.171. The van der Waals surface area contributed by atoms with E-state index in [0.29, 0.717) is 0 Å². The van der Waals surface area contributed by atoms with Crippen molar-refractivity contribution >= 4 is 11.6 Å². The van der Waals surface area contributed by atoms with Crippen molar-refractivity contribution in [1.29, 1.82) is 0 Å². The number of anilines is 1. The number of hydrogen-bond donors (Lipinski definition) is 2. The standard InChI is InChI=1S/C23H38N4O3/c1-19(2)30-22-8-6-21(7-9-22)26-23(24-10-3-15-29-18-20-4-5-20)25-11-12-27-13-16-28-17-14-27/h6-9,19-20H,3-5,10-18H2,1-2H3,(H2,24,25,26). The Morgan fingerprint density at radius 1 is 1.20 bits per heavy atom. The molecule has 0 spiro atoms. The zero-order valence-corrected chi connectivity index (χ0v) is 18.6. The average Bonchev–Trinajstić information content (AvgIpc) is 3.56. The largest absolute Gasteiger partial charge is 0.491 e. The van der Waals surface area contributed by atoms with E-state index in [1.165, 1.54) is 12.8 Å². The van der Waals surface area contributed by atoms with Crippen LogP contribution in [0, 0.1) is 5.92 Å². The van der Waals surface area contributed by atoms with Crippen LogP contribution in [0.25, 0.3) is 0 Å². The van der Waals surface area contributed by atoms with Crippen LogP contribution in [0.15, 0.2) is 29.3 Å². The third kappa shape index (κ3) is 9.32. The summed E-state index contributed by atoms with van der Waals surface area (Å²) in [5.41, 5.74) is 0.994. The van der Waals surface area contributed by atoms with Crippen molar-refractivity contribution in [2.75, 3.05) is 64.5 Å². The van der Waals surface area contributed by atoms with E-state index in [1.807, 2.05) is 38.1 Å². The highest BCUT2D eigenvalue weighted by molar-refractivity contribution is 5.93. The normalized spacial score (nSPS) is 17.9. The van der Waals surface area contributed by atoms with Crippen molar-refractivity contribution in [2.45, 2.75) is 39.2 Å². The third-order valence-electron chi connectivity index (χ3n) is 5.08. The molecule has 1 heterocycles. The SMILES string of the molecule is CC(C)Oc1ccc(NC(=NCCCOCC2CC2)NCCN2CCOCC2)cc1. The van der Waals surface area contributed by atoms with Gasteiger partial charge in [0.2, 0.25) is 0 Å². The minimum Gasteiger partial charge on any atom is -0.491 e. The summed E-state index contributed by atoms with van der Waals surface area (Å²) in [6.45, 7) is 12.0. The Kier molecular flexibility index (Phi) is 9.73. The van der Waals surface area contributed by atoms with Gasteiger partial charge in [-0.25, -0.2) is 0 Å². The van der Waals surface area contributed by atoms with Crippen LogP contribution < -0.4 is 15.4 Å². The van der Waals surface area contributed by atoms with Crippen molar-refractivity contribution in [1.82, 2.24) is 10.2 Å². The van der Waals surface area contributed by atoms with Crippen molar-refractivity contribution in [3.8, 4) is 5.75 Å². The van der Waals surface area contributed by atoms with Gasteiger partial charge in [0.15, 0.2) is 5.96 Å². The van der Waals surface area contributed by atoms with Gasteiger partial charge in [-0.2, -0.15) is 0 Å². The lowest BCUT2D eigenvalue weighted by atomic mass is 10.3. The van der Waals surface area contributed by atoms with E-state index in [1.54, 1.807) is 0 Å². The van der Waals surface area contributed by atoms with Gasteiger partial charge in [-0.1, -0.05) is 0 Å². The first-order chi connectivity index (χ1) is 14.7. The molecule has 7 heteroatoms. The molecule has 0 radical (unpaired) electrons. The summed E-state index contributed by atoms with van der Waals surface area (Å²) >= 11 is 0. The Hall–Kier alpha value is -1.83. The average molecular weight is 419 g/mol. The molecule has 3 rings (SSSR count). The third-order valence-corrected chi connectivity index (χ3v) is 5.08. The highest BCUT2D eigenvalue weighted by atomic mass is 16.5. The number of morpholine rings is 1. The van der Waals surface area contributed by atoms with Crippen molar-refractivity contribution in [3.63, 3.8) is 0 Å². The Morgan fingerprint density at radius 3 is 2.67 bits per heavy atom. The fourth-order valence-corrected chi connectivity index (χ4v) is 3.21. The number of rotatable bonds is 12. The number of nitrogens with one attached hydrogen (secondary N) is 2. The molecule has 2 fully saturated rings. The monoisotopic (exact) mass is 418 g/mol. The summed E-state index contributed by atoms with van der Waals surface area (Å²) in [5, 5.41) is 6.88. The van der Waals surface area contributed by atoms with Gasteiger partial charge in [0, 0.05) is 51.6 Å². The summed E-state index contributed by atoms with van der Waals surface area (Å²) in [4.78, 5) is 7.16. The van der Waals surface area contributed by atoms with Crippen LogP contribution in [0.3, 0.4) is 0 Å². The Morgan fingerprint density at radius 2 is 1.97 bits per heavy atom. The van der Waals surface area contributed by atoms with Gasteiger partial charge >= 0.3 is 0 Å². The molecular formula is C23H38N4O3. The molecule has 168 valence electrons. The predicted octanol–water partition coefficient (Wildman–Crippen LogP) is 2.98. The Labute approximate surface area is 181 Å². The first kappa shape index (κ1) is 22.8. The number of guanidine groups is 1. The van der Waals surface area contributed by atoms with Crippen LogP contribution in [-0.2, 0) is 9.47 Å². The van der Waals surface area contributed by atoms with Gasteiger partial charge in [0.25, 0.3) is 0 Å². The Bertz CT molecular complexity index is 626. The molecule has 1 saturated heterocycles. The molecule has 2 aliphatic rings. The summed E-state index contributed by atoms with van der Waals surface area (Å²) < 4.78 is 16.9. The van der Waals surface area contributed by atoms with Crippen molar-refractivity contribution in [2.24, 2.45) is 10.9 Å². The van der Waals surface area contributed by atoms with Gasteiger partial charge in [0.05, 0.1) is 19.3 Å². The fraction of sp³-hybridized carbons (Fsp3) is 0.696. The highest BCUT2D eigenvalue weighted by Crippen LogP contribution is 2.28. The summed E-state index contributed by atoms with van der Waals surface area (Å²) in [7, 11) is 0. The first-order valence-corrected chi connectivity index (χ1v) is 11.4. The molecule has 30 heavy (non-hydrogen) atoms. The second kappa shape index (κ2) is 12.8. The summed E-state index contributed by atoms with van der Waals surface area (Å²) in [5.74, 6) is 2.50. The van der Waals surface area contributed by atoms with E-state index in [2.05, 4.69) is 15.5 Å². The quantitative estimate of drug-likeness (QED) is 0.309. The van der Waals surface area contributed by atoms with Crippen LogP contribution in [0.5, 0.6) is 5.75 Å². The van der Waals surface area contributed by atoms with E-state index in [0.717, 1.165) is 88.9 Å². The number of ether oxygens (including phenoxy) is 3. The molecular weight excluding hydrogens is 380 g/mol. The van der Waals surface area contributed by atoms with E-state index in [4.69, 9.17) is 19.2 Å². The van der Waals surface area contributed by atoms with Crippen molar-refractivity contribution in [3.05, 3.63) is 24.3 Å². The maximum Gasteiger partial charge on any atom is 0.195 e. The van der Waals surface area contributed by atoms with Gasteiger partial charge in [-0.3, -0.25) is 9.89 Å². The molecule has 1 aromatic carbocycles. The molecule has 2 N–H and O–H groups in total. The molecule has 0 bridgehead atoms. The summed E-state index contributed by atoms with van der Waals surface area (Å²) in [6, 6.07) is 8.02. The van der Waals surface area contributed by atoms with Crippen LogP contribution in [0.4, 0.5) is 5.69 Å². The van der Waals surface area contributed by atoms with E-state index >= 15 is 0 Å². The molecule has 1 aliphatic heterocycles. The van der Waals surface area contributed by atoms with Gasteiger partial charge in [-0.05, 0) is 63.3 Å². The molecule has 7 nitrogen and oxygen atoms in total. The molecule has 0 unspecified atom stereocenters. The second-order valence-corrected chi connectivity index (χ2v) is 8.30. The van der Waals surface area contributed by atoms with Crippen molar-refractivity contribution < 1.29 is 14.2 Å². The lowest BCUT2D eigenvalue weighted by Crippen LogP contribution is -2.42. The number of aliphatic imine (C=N–C) groups is 1. The van der Waals surface area contributed by atoms with Crippen LogP contribution in [-0.4, -0.2) is 76.1 Å². The molecule has 1 aliphatic carbocycles. The van der Waals surface area contributed by atoms with E-state index < -0.39 is 0 Å². The predicted molar refractivity (Wildman–Crippen MR) is 122 cm³/mol. The smallest absolute Gasteiger partial charge is 0.195 e. The number of nitrogens with zero attached hydrogens (tertiary/aromatic N) is 2. The molecule has 0 aromatic heterocycles. The van der Waals surface area contributed by atoms with Crippen LogP contribution in [0.2, 0.25) is 0 Å². The van der Waals surface area contributed by atoms with E-state index in [9.17, 15) is 0 Å². The molecule has 1 saturated carbocycles. The zero-order valence-electron chi connectivity index (χ0n) is 18.6. The maximum absolute atomic E-state index is 5.73. The lowest BCUT2D eigenvalue weighted by molar-refractivity contribution is 0.0389. The number of hydrogen-bond acceptors (Lipinski definition) is 5. The first-order valence-electron chi connectivity index (χ1n) is 11.4. The Balaban J connectivity index is 1.45. The highest BCUT2D eigenvalue weighted by Gasteiger charge is 2.20. The molecule has 0 amide bonds. The zero-order chi connectivity index (χ0) is 21.0. The molecule has 0 atom stereocenters. The molecule has 1 aromatic rings. The second-order valence-electron chi connectivity index (χ2n) is 8.30. The van der Waals surface area contributed by atoms with Gasteiger partial charge in [-0.15, -0.1) is 0 Å². The summed E-state index contributed by atoms with van der Waals surface area (Å²) in [6.07, 6.45) is 3.77. The topological polar surface area (TPSA) is 67.3 Å². The maximum atomic E-state index is 5.73. The van der Waals surface area contributed by atoms with Crippen LogP contribution >= 0.6 is 0 Å². The lowest BCUT2D eigenvalue weighted by Gasteiger charge is -2.26. The van der Waals surface area contributed by atoms with Crippen LogP contribution in [0.1, 0.15) is 33.1 Å². The fourth-order valence-electron chi connectivity index (χ4n) is 3.21. The minimum absolute atomic E-state index is 0.171. The van der Waals surface area contributed by atoms with Gasteiger partial charge < -0.3 is 24.8 Å².